The Morgan fingerprint density at radius 3 is 2.74 bits per heavy atom. The summed E-state index contributed by atoms with van der Waals surface area (Å²) in [7, 11) is 4.38. The Balaban J connectivity index is 1.95. The van der Waals surface area contributed by atoms with Crippen molar-refractivity contribution in [1.29, 1.82) is 0 Å². The van der Waals surface area contributed by atoms with E-state index in [1.165, 1.54) is 71.4 Å². The first-order chi connectivity index (χ1) is 9.13. The second-order valence-electron chi connectivity index (χ2n) is 7.16. The predicted octanol–water partition coefficient (Wildman–Crippen LogP) is 2.04. The lowest BCUT2D eigenvalue weighted by molar-refractivity contribution is 0.0837. The van der Waals surface area contributed by atoms with E-state index in [4.69, 9.17) is 0 Å². The monoisotopic (exact) mass is 267 g/mol. The second kappa shape index (κ2) is 7.05. The SMILES string of the molecule is CNCC1(CN2CCCN(C)CC2)CCCC(C)C1. The summed E-state index contributed by atoms with van der Waals surface area (Å²) in [5.74, 6) is 0.914. The van der Waals surface area contributed by atoms with Crippen molar-refractivity contribution in [3.8, 4) is 0 Å². The summed E-state index contributed by atoms with van der Waals surface area (Å²) >= 11 is 0. The molecule has 1 N–H and O–H groups in total. The smallest absolute Gasteiger partial charge is 0.0109 e. The summed E-state index contributed by atoms with van der Waals surface area (Å²) in [6.07, 6.45) is 7.04. The van der Waals surface area contributed by atoms with E-state index in [9.17, 15) is 0 Å². The van der Waals surface area contributed by atoms with Gasteiger partial charge in [0, 0.05) is 26.2 Å². The molecule has 0 amide bonds. The van der Waals surface area contributed by atoms with Crippen LogP contribution in [0.25, 0.3) is 0 Å². The van der Waals surface area contributed by atoms with E-state index < -0.39 is 0 Å². The maximum absolute atomic E-state index is 3.48. The van der Waals surface area contributed by atoms with Crippen molar-refractivity contribution in [2.24, 2.45) is 11.3 Å². The molecule has 3 heteroatoms. The largest absolute Gasteiger partial charge is 0.319 e. The number of nitrogens with one attached hydrogen (secondary N) is 1. The Labute approximate surface area is 119 Å². The van der Waals surface area contributed by atoms with Gasteiger partial charge in [0.05, 0.1) is 0 Å². The van der Waals surface area contributed by atoms with Crippen molar-refractivity contribution in [2.75, 3.05) is 53.4 Å². The summed E-state index contributed by atoms with van der Waals surface area (Å²) in [4.78, 5) is 5.22. The number of rotatable bonds is 4. The van der Waals surface area contributed by atoms with Crippen molar-refractivity contribution >= 4 is 0 Å². The maximum atomic E-state index is 3.48. The molecule has 2 atom stereocenters. The molecule has 1 heterocycles. The molecule has 0 aromatic heterocycles. The van der Waals surface area contributed by atoms with E-state index in [2.05, 4.69) is 36.1 Å². The minimum Gasteiger partial charge on any atom is -0.319 e. The van der Waals surface area contributed by atoms with Crippen LogP contribution in [0.15, 0.2) is 0 Å². The fourth-order valence-electron chi connectivity index (χ4n) is 4.24. The third kappa shape index (κ3) is 4.44. The van der Waals surface area contributed by atoms with Crippen molar-refractivity contribution in [1.82, 2.24) is 15.1 Å². The van der Waals surface area contributed by atoms with Gasteiger partial charge in [-0.15, -0.1) is 0 Å². The fourth-order valence-corrected chi connectivity index (χ4v) is 4.24. The molecule has 1 saturated carbocycles. The molecule has 0 spiro atoms. The number of hydrogen-bond acceptors (Lipinski definition) is 3. The van der Waals surface area contributed by atoms with E-state index in [0.29, 0.717) is 5.41 Å². The van der Waals surface area contributed by atoms with Gasteiger partial charge in [-0.1, -0.05) is 19.8 Å². The summed E-state index contributed by atoms with van der Waals surface area (Å²) in [5, 5.41) is 3.48. The first-order valence-corrected chi connectivity index (χ1v) is 8.19. The third-order valence-corrected chi connectivity index (χ3v) is 5.11. The predicted molar refractivity (Wildman–Crippen MR) is 82.5 cm³/mol. The van der Waals surface area contributed by atoms with Crippen LogP contribution in [0.5, 0.6) is 0 Å². The molecule has 1 aliphatic carbocycles. The Hall–Kier alpha value is -0.120. The van der Waals surface area contributed by atoms with Gasteiger partial charge in [0.25, 0.3) is 0 Å². The summed E-state index contributed by atoms with van der Waals surface area (Å²) in [6, 6.07) is 0. The van der Waals surface area contributed by atoms with Crippen molar-refractivity contribution < 1.29 is 0 Å². The van der Waals surface area contributed by atoms with Crippen LogP contribution in [0.2, 0.25) is 0 Å². The van der Waals surface area contributed by atoms with E-state index in [1.807, 2.05) is 0 Å². The molecular weight excluding hydrogens is 234 g/mol. The Bertz CT molecular complexity index is 265. The van der Waals surface area contributed by atoms with Crippen LogP contribution in [0.4, 0.5) is 0 Å². The molecule has 2 rings (SSSR count). The molecule has 2 fully saturated rings. The van der Waals surface area contributed by atoms with Gasteiger partial charge in [-0.3, -0.25) is 0 Å². The first-order valence-electron chi connectivity index (χ1n) is 8.19. The first kappa shape index (κ1) is 15.3. The Morgan fingerprint density at radius 1 is 1.16 bits per heavy atom. The van der Waals surface area contributed by atoms with Gasteiger partial charge in [0.15, 0.2) is 0 Å². The molecular formula is C16H33N3. The highest BCUT2D eigenvalue weighted by Gasteiger charge is 2.36. The van der Waals surface area contributed by atoms with E-state index in [-0.39, 0.29) is 0 Å². The molecule has 1 aliphatic heterocycles. The molecule has 1 saturated heterocycles. The lowest BCUT2D eigenvalue weighted by Gasteiger charge is -2.43. The number of hydrogen-bond donors (Lipinski definition) is 1. The maximum Gasteiger partial charge on any atom is 0.0109 e. The molecule has 3 nitrogen and oxygen atoms in total. The standard InChI is InChI=1S/C16H33N3/c1-15-6-4-7-16(12-15,13-17-2)14-19-9-5-8-18(3)10-11-19/h15,17H,4-14H2,1-3H3. The highest BCUT2D eigenvalue weighted by Crippen LogP contribution is 2.39. The van der Waals surface area contributed by atoms with Crippen LogP contribution in [-0.2, 0) is 0 Å². The molecule has 2 aliphatic rings. The summed E-state index contributed by atoms with van der Waals surface area (Å²) in [5.41, 5.74) is 0.537. The van der Waals surface area contributed by atoms with E-state index in [0.717, 1.165) is 5.92 Å². The minimum atomic E-state index is 0.537. The van der Waals surface area contributed by atoms with Crippen LogP contribution in [0.1, 0.15) is 39.0 Å². The van der Waals surface area contributed by atoms with Crippen LogP contribution >= 0.6 is 0 Å². The highest BCUT2D eigenvalue weighted by atomic mass is 15.2. The normalized spacial score (nSPS) is 35.2. The zero-order valence-electron chi connectivity index (χ0n) is 13.2. The van der Waals surface area contributed by atoms with Crippen molar-refractivity contribution in [3.05, 3.63) is 0 Å². The lowest BCUT2D eigenvalue weighted by atomic mass is 9.69. The molecule has 19 heavy (non-hydrogen) atoms. The van der Waals surface area contributed by atoms with Gasteiger partial charge in [-0.2, -0.15) is 0 Å². The second-order valence-corrected chi connectivity index (χ2v) is 7.16. The van der Waals surface area contributed by atoms with E-state index >= 15 is 0 Å². The Kier molecular flexibility index (Phi) is 5.67. The molecule has 0 radical (unpaired) electrons. The average molecular weight is 267 g/mol. The average Bonchev–Trinajstić information content (AvgIpc) is 2.54. The molecule has 112 valence electrons. The van der Waals surface area contributed by atoms with Gasteiger partial charge in [0.2, 0.25) is 0 Å². The molecule has 2 unspecified atom stereocenters. The molecule has 0 bridgehead atoms. The lowest BCUT2D eigenvalue weighted by Crippen LogP contribution is -2.46. The van der Waals surface area contributed by atoms with Gasteiger partial charge in [0.1, 0.15) is 0 Å². The van der Waals surface area contributed by atoms with Gasteiger partial charge in [-0.05, 0) is 57.8 Å². The van der Waals surface area contributed by atoms with Crippen molar-refractivity contribution in [2.45, 2.75) is 39.0 Å². The van der Waals surface area contributed by atoms with Gasteiger partial charge >= 0.3 is 0 Å². The van der Waals surface area contributed by atoms with Crippen LogP contribution in [-0.4, -0.2) is 63.2 Å². The summed E-state index contributed by atoms with van der Waals surface area (Å²) < 4.78 is 0. The summed E-state index contributed by atoms with van der Waals surface area (Å²) in [6.45, 7) is 10.0. The molecule has 0 aromatic rings. The molecule has 0 aromatic carbocycles. The van der Waals surface area contributed by atoms with Crippen LogP contribution in [0.3, 0.4) is 0 Å². The zero-order chi connectivity index (χ0) is 13.7. The number of likely N-dealkylation sites (N-methyl/N-ethyl adjacent to an activating group) is 1. The highest BCUT2D eigenvalue weighted by molar-refractivity contribution is 4.90. The van der Waals surface area contributed by atoms with Crippen molar-refractivity contribution in [3.63, 3.8) is 0 Å². The number of nitrogens with zero attached hydrogens (tertiary/aromatic N) is 2. The quantitative estimate of drug-likeness (QED) is 0.841. The topological polar surface area (TPSA) is 18.5 Å². The zero-order valence-corrected chi connectivity index (χ0v) is 13.2. The Morgan fingerprint density at radius 2 is 2.00 bits per heavy atom. The van der Waals surface area contributed by atoms with Crippen LogP contribution < -0.4 is 5.32 Å². The van der Waals surface area contributed by atoms with Gasteiger partial charge < -0.3 is 15.1 Å². The van der Waals surface area contributed by atoms with E-state index in [1.54, 1.807) is 0 Å². The van der Waals surface area contributed by atoms with Gasteiger partial charge in [-0.25, -0.2) is 0 Å². The third-order valence-electron chi connectivity index (χ3n) is 5.11. The van der Waals surface area contributed by atoms with Crippen LogP contribution in [0, 0.1) is 11.3 Å². The fraction of sp³-hybridized carbons (Fsp3) is 1.00. The minimum absolute atomic E-state index is 0.537.